The summed E-state index contributed by atoms with van der Waals surface area (Å²) in [6, 6.07) is 7.08. The van der Waals surface area contributed by atoms with Gasteiger partial charge in [-0.3, -0.25) is 9.80 Å². The smallest absolute Gasteiger partial charge is 0.146 e. The van der Waals surface area contributed by atoms with Crippen LogP contribution in [0.2, 0.25) is 0 Å². The van der Waals surface area contributed by atoms with E-state index < -0.39 is 0 Å². The van der Waals surface area contributed by atoms with Gasteiger partial charge in [0.2, 0.25) is 0 Å². The van der Waals surface area contributed by atoms with Gasteiger partial charge < -0.3 is 4.57 Å². The molecular weight excluding hydrogens is 319 g/mol. The molecule has 1 aliphatic rings. The van der Waals surface area contributed by atoms with E-state index in [1.807, 2.05) is 24.6 Å². The van der Waals surface area contributed by atoms with Crippen LogP contribution in [0.3, 0.4) is 0 Å². The Kier molecular flexibility index (Phi) is 5.11. The zero-order chi connectivity index (χ0) is 18.0. The van der Waals surface area contributed by atoms with Crippen LogP contribution in [0, 0.1) is 24.1 Å². The van der Waals surface area contributed by atoms with Crippen molar-refractivity contribution in [2.24, 2.45) is 7.05 Å². The van der Waals surface area contributed by atoms with E-state index in [-0.39, 0.29) is 5.82 Å². The van der Waals surface area contributed by atoms with E-state index in [2.05, 4.69) is 27.0 Å². The third kappa shape index (κ3) is 3.86. The van der Waals surface area contributed by atoms with E-state index in [9.17, 15) is 4.39 Å². The van der Waals surface area contributed by atoms with Gasteiger partial charge in [0.05, 0.1) is 18.2 Å². The molecule has 6 nitrogen and oxygen atoms in total. The summed E-state index contributed by atoms with van der Waals surface area (Å²) in [6.07, 6.45) is 1.05. The van der Waals surface area contributed by atoms with Crippen LogP contribution in [0.25, 0.3) is 0 Å². The average Bonchev–Trinajstić information content (AvgIpc) is 3.19. The van der Waals surface area contributed by atoms with Gasteiger partial charge in [-0.1, -0.05) is 6.07 Å². The van der Waals surface area contributed by atoms with Crippen molar-refractivity contribution in [1.82, 2.24) is 24.6 Å². The number of nitrogens with zero attached hydrogens (tertiary/aromatic N) is 6. The van der Waals surface area contributed by atoms with E-state index in [0.717, 1.165) is 37.7 Å². The third-order valence-electron chi connectivity index (χ3n) is 5.02. The van der Waals surface area contributed by atoms with Gasteiger partial charge in [0.1, 0.15) is 17.5 Å². The zero-order valence-electron chi connectivity index (χ0n) is 14.9. The maximum absolute atomic E-state index is 14.1. The maximum Gasteiger partial charge on any atom is 0.146 e. The van der Waals surface area contributed by atoms with E-state index >= 15 is 0 Å². The highest BCUT2D eigenvalue weighted by Gasteiger charge is 2.27. The number of aryl methyl sites for hydroxylation is 1. The summed E-state index contributed by atoms with van der Waals surface area (Å²) in [5, 5.41) is 17.2. The van der Waals surface area contributed by atoms with Crippen molar-refractivity contribution in [3.05, 3.63) is 46.8 Å². The van der Waals surface area contributed by atoms with Gasteiger partial charge >= 0.3 is 0 Å². The Morgan fingerprint density at radius 1 is 1.40 bits per heavy atom. The zero-order valence-corrected chi connectivity index (χ0v) is 14.9. The van der Waals surface area contributed by atoms with Crippen molar-refractivity contribution in [2.45, 2.75) is 32.5 Å². The highest BCUT2D eigenvalue weighted by Crippen LogP contribution is 2.20. The molecule has 0 N–H and O–H groups in total. The fraction of sp³-hybridized carbons (Fsp3) is 0.500. The van der Waals surface area contributed by atoms with Gasteiger partial charge in [0, 0.05) is 38.3 Å². The minimum atomic E-state index is -0.301. The highest BCUT2D eigenvalue weighted by atomic mass is 19.1. The van der Waals surface area contributed by atoms with E-state index in [0.29, 0.717) is 23.7 Å². The number of hydrogen-bond donors (Lipinski definition) is 0. The number of likely N-dealkylation sites (N-methyl/N-ethyl adjacent to an activating group) is 1. The Labute approximate surface area is 147 Å². The van der Waals surface area contributed by atoms with Gasteiger partial charge in [-0.05, 0) is 32.5 Å². The lowest BCUT2D eigenvalue weighted by atomic mass is 10.1. The largest absolute Gasteiger partial charge is 0.317 e. The second kappa shape index (κ2) is 7.30. The first-order chi connectivity index (χ1) is 12.0. The molecular formula is C18H23FN6. The lowest BCUT2D eigenvalue weighted by Gasteiger charge is -2.24. The molecule has 132 valence electrons. The van der Waals surface area contributed by atoms with Gasteiger partial charge in [0.15, 0.2) is 0 Å². The van der Waals surface area contributed by atoms with E-state index in [1.165, 1.54) is 6.07 Å². The first-order valence-corrected chi connectivity index (χ1v) is 8.44. The Hall–Kier alpha value is -2.30. The first kappa shape index (κ1) is 17.5. The molecule has 3 rings (SSSR count). The minimum Gasteiger partial charge on any atom is -0.317 e. The van der Waals surface area contributed by atoms with Crippen molar-refractivity contribution in [3.63, 3.8) is 0 Å². The Bertz CT molecular complexity index is 793. The molecule has 2 aromatic rings. The Morgan fingerprint density at radius 2 is 2.20 bits per heavy atom. The number of hydrogen-bond acceptors (Lipinski definition) is 5. The molecule has 0 amide bonds. The summed E-state index contributed by atoms with van der Waals surface area (Å²) in [4.78, 5) is 4.55. The summed E-state index contributed by atoms with van der Waals surface area (Å²) < 4.78 is 16.1. The molecule has 1 aromatic heterocycles. The van der Waals surface area contributed by atoms with Crippen LogP contribution in [-0.2, 0) is 20.1 Å². The molecule has 1 fully saturated rings. The van der Waals surface area contributed by atoms with Crippen LogP contribution in [0.4, 0.5) is 4.39 Å². The lowest BCUT2D eigenvalue weighted by Crippen LogP contribution is -2.34. The number of nitriles is 1. The normalized spacial score (nSPS) is 18.0. The molecule has 2 heterocycles. The Balaban J connectivity index is 1.58. The number of likely N-dealkylation sites (tertiary alicyclic amines) is 1. The topological polar surface area (TPSA) is 61.0 Å². The minimum absolute atomic E-state index is 0.301. The Morgan fingerprint density at radius 3 is 2.84 bits per heavy atom. The summed E-state index contributed by atoms with van der Waals surface area (Å²) in [5.41, 5.74) is 1.01. The van der Waals surface area contributed by atoms with E-state index in [4.69, 9.17) is 5.26 Å². The molecule has 0 unspecified atom stereocenters. The van der Waals surface area contributed by atoms with Gasteiger partial charge in [0.25, 0.3) is 0 Å². The van der Waals surface area contributed by atoms with Crippen molar-refractivity contribution in [1.29, 1.82) is 5.26 Å². The SMILES string of the molecule is Cc1nnc(CN(C)[C@@H]2CCN(Cc3ccc(C#N)cc3F)C2)n1C. The van der Waals surface area contributed by atoms with Gasteiger partial charge in [-0.15, -0.1) is 10.2 Å². The van der Waals surface area contributed by atoms with Gasteiger partial charge in [-0.25, -0.2) is 4.39 Å². The lowest BCUT2D eigenvalue weighted by molar-refractivity contribution is 0.216. The maximum atomic E-state index is 14.1. The fourth-order valence-corrected chi connectivity index (χ4v) is 3.24. The van der Waals surface area contributed by atoms with E-state index in [1.54, 1.807) is 12.1 Å². The quantitative estimate of drug-likeness (QED) is 0.830. The van der Waals surface area contributed by atoms with Crippen LogP contribution in [0.5, 0.6) is 0 Å². The standard InChI is InChI=1S/C18H23FN6/c1-13-21-22-18(24(13)3)12-23(2)16-6-7-25(11-16)10-15-5-4-14(9-20)8-17(15)19/h4-5,8,16H,6-7,10-12H2,1-3H3/t16-/m1/s1. The molecule has 0 bridgehead atoms. The molecule has 7 heteroatoms. The number of rotatable bonds is 5. The number of aromatic nitrogens is 3. The predicted octanol–water partition coefficient (Wildman–Crippen LogP) is 1.84. The second-order valence-corrected chi connectivity index (χ2v) is 6.73. The molecule has 0 spiro atoms. The van der Waals surface area contributed by atoms with Crippen molar-refractivity contribution in [2.75, 3.05) is 20.1 Å². The van der Waals surface area contributed by atoms with Crippen molar-refractivity contribution < 1.29 is 4.39 Å². The molecule has 1 aromatic carbocycles. The molecule has 1 aliphatic heterocycles. The summed E-state index contributed by atoms with van der Waals surface area (Å²) >= 11 is 0. The monoisotopic (exact) mass is 342 g/mol. The molecule has 1 saturated heterocycles. The first-order valence-electron chi connectivity index (χ1n) is 8.44. The third-order valence-corrected chi connectivity index (χ3v) is 5.02. The second-order valence-electron chi connectivity index (χ2n) is 6.73. The average molecular weight is 342 g/mol. The molecule has 0 radical (unpaired) electrons. The fourth-order valence-electron chi connectivity index (χ4n) is 3.24. The molecule has 0 aliphatic carbocycles. The van der Waals surface area contributed by atoms with Crippen molar-refractivity contribution in [3.8, 4) is 6.07 Å². The molecule has 1 atom stereocenters. The number of benzene rings is 1. The van der Waals surface area contributed by atoms with Crippen LogP contribution in [0.1, 0.15) is 29.2 Å². The highest BCUT2D eigenvalue weighted by molar-refractivity contribution is 5.32. The van der Waals surface area contributed by atoms with Gasteiger partial charge in [-0.2, -0.15) is 5.26 Å². The predicted molar refractivity (Wildman–Crippen MR) is 92.0 cm³/mol. The summed E-state index contributed by atoms with van der Waals surface area (Å²) in [6.45, 7) is 5.10. The molecule has 0 saturated carbocycles. The van der Waals surface area contributed by atoms with Crippen LogP contribution >= 0.6 is 0 Å². The molecule has 25 heavy (non-hydrogen) atoms. The number of halogens is 1. The summed E-state index contributed by atoms with van der Waals surface area (Å²) in [7, 11) is 4.08. The van der Waals surface area contributed by atoms with Crippen LogP contribution in [-0.4, -0.2) is 50.7 Å². The van der Waals surface area contributed by atoms with Crippen LogP contribution in [0.15, 0.2) is 18.2 Å². The van der Waals surface area contributed by atoms with Crippen LogP contribution < -0.4 is 0 Å². The van der Waals surface area contributed by atoms with Crippen molar-refractivity contribution >= 4 is 0 Å². The summed E-state index contributed by atoms with van der Waals surface area (Å²) in [5.74, 6) is 1.56.